The van der Waals surface area contributed by atoms with E-state index in [0.29, 0.717) is 22.0 Å². The van der Waals surface area contributed by atoms with Gasteiger partial charge in [-0.2, -0.15) is 0 Å². The minimum atomic E-state index is 0.353. The number of fused-ring (bicyclic) bond motifs is 3. The first-order chi connectivity index (χ1) is 10.6. The van der Waals surface area contributed by atoms with Crippen molar-refractivity contribution in [2.75, 3.05) is 11.5 Å². The van der Waals surface area contributed by atoms with Crippen molar-refractivity contribution in [2.24, 2.45) is 0 Å². The van der Waals surface area contributed by atoms with Gasteiger partial charge in [-0.3, -0.25) is 0 Å². The number of para-hydroxylation sites is 1. The van der Waals surface area contributed by atoms with E-state index >= 15 is 0 Å². The van der Waals surface area contributed by atoms with Gasteiger partial charge < -0.3 is 11.5 Å². The van der Waals surface area contributed by atoms with Gasteiger partial charge in [0.2, 0.25) is 0 Å². The third-order valence-electron chi connectivity index (χ3n) is 3.62. The smallest absolute Gasteiger partial charge is 0.157 e. The number of benzene rings is 2. The predicted molar refractivity (Wildman–Crippen MR) is 90.2 cm³/mol. The lowest BCUT2D eigenvalue weighted by Gasteiger charge is -2.07. The van der Waals surface area contributed by atoms with Crippen molar-refractivity contribution in [3.05, 3.63) is 53.6 Å². The highest BCUT2D eigenvalue weighted by Gasteiger charge is 2.17. The number of pyridine rings is 1. The Hall–Kier alpha value is -2.79. The maximum atomic E-state index is 6.09. The predicted octanol–water partition coefficient (Wildman–Crippen LogP) is 3.39. The fraction of sp³-hybridized carbons (Fsp3) is 0. The lowest BCUT2D eigenvalue weighted by Crippen LogP contribution is -1.98. The first-order valence-corrected chi connectivity index (χ1v) is 7.11. The molecule has 0 saturated carbocycles. The second kappa shape index (κ2) is 4.61. The Morgan fingerprint density at radius 2 is 1.77 bits per heavy atom. The van der Waals surface area contributed by atoms with Gasteiger partial charge in [0, 0.05) is 10.4 Å². The van der Waals surface area contributed by atoms with Crippen molar-refractivity contribution in [1.29, 1.82) is 0 Å². The summed E-state index contributed by atoms with van der Waals surface area (Å²) in [6.07, 6.45) is 0. The second-order valence-electron chi connectivity index (χ2n) is 5.01. The molecule has 0 aliphatic rings. The van der Waals surface area contributed by atoms with Gasteiger partial charge in [0.05, 0.1) is 22.1 Å². The summed E-state index contributed by atoms with van der Waals surface area (Å²) >= 11 is 6.09. The number of nitrogens with zero attached hydrogens (tertiary/aromatic N) is 3. The maximum absolute atomic E-state index is 6.09. The van der Waals surface area contributed by atoms with E-state index in [-0.39, 0.29) is 0 Å². The normalized spacial score (nSPS) is 11.3. The average molecular weight is 310 g/mol. The number of nitrogen functional groups attached to an aromatic ring is 2. The van der Waals surface area contributed by atoms with Crippen molar-refractivity contribution in [3.8, 4) is 5.69 Å². The van der Waals surface area contributed by atoms with E-state index < -0.39 is 0 Å². The molecule has 4 N–H and O–H groups in total. The average Bonchev–Trinajstić information content (AvgIpc) is 2.86. The van der Waals surface area contributed by atoms with E-state index in [2.05, 4.69) is 10.1 Å². The van der Waals surface area contributed by atoms with Gasteiger partial charge >= 0.3 is 0 Å². The molecule has 22 heavy (non-hydrogen) atoms. The molecule has 0 aliphatic heterocycles. The van der Waals surface area contributed by atoms with Crippen LogP contribution in [0.2, 0.25) is 5.02 Å². The summed E-state index contributed by atoms with van der Waals surface area (Å²) in [5, 5.41) is 6.66. The molecule has 2 aromatic carbocycles. The number of aromatic nitrogens is 3. The zero-order valence-electron chi connectivity index (χ0n) is 11.5. The van der Waals surface area contributed by atoms with Crippen molar-refractivity contribution in [2.45, 2.75) is 0 Å². The third-order valence-corrected chi connectivity index (χ3v) is 3.86. The molecule has 0 spiro atoms. The molecule has 5 nitrogen and oxygen atoms in total. The minimum Gasteiger partial charge on any atom is -0.383 e. The minimum absolute atomic E-state index is 0.353. The molecular formula is C16H12ClN5. The van der Waals surface area contributed by atoms with Crippen LogP contribution in [-0.2, 0) is 0 Å². The van der Waals surface area contributed by atoms with Gasteiger partial charge in [-0.05, 0) is 24.3 Å². The Kier molecular flexibility index (Phi) is 2.71. The molecule has 0 amide bonds. The lowest BCUT2D eigenvalue weighted by molar-refractivity contribution is 0.920. The zero-order valence-corrected chi connectivity index (χ0v) is 12.2. The molecule has 0 saturated heterocycles. The van der Waals surface area contributed by atoms with E-state index in [1.165, 1.54) is 0 Å². The number of rotatable bonds is 1. The summed E-state index contributed by atoms with van der Waals surface area (Å²) in [6, 6.07) is 15.2. The largest absolute Gasteiger partial charge is 0.383 e. The SMILES string of the molecule is Nc1nc2ccccc2c2c1c(N)nn2-c1cccc(Cl)c1. The van der Waals surface area contributed by atoms with Gasteiger partial charge in [-0.25, -0.2) is 9.67 Å². The Morgan fingerprint density at radius 3 is 2.59 bits per heavy atom. The van der Waals surface area contributed by atoms with Crippen molar-refractivity contribution >= 4 is 45.0 Å². The summed E-state index contributed by atoms with van der Waals surface area (Å²) in [7, 11) is 0. The maximum Gasteiger partial charge on any atom is 0.157 e. The number of hydrogen-bond acceptors (Lipinski definition) is 4. The topological polar surface area (TPSA) is 82.8 Å². The summed E-state index contributed by atoms with van der Waals surface area (Å²) < 4.78 is 1.76. The van der Waals surface area contributed by atoms with Crippen molar-refractivity contribution in [1.82, 2.24) is 14.8 Å². The van der Waals surface area contributed by atoms with Crippen molar-refractivity contribution in [3.63, 3.8) is 0 Å². The summed E-state index contributed by atoms with van der Waals surface area (Å²) in [5.41, 5.74) is 14.6. The van der Waals surface area contributed by atoms with Crippen LogP contribution in [0.4, 0.5) is 11.6 Å². The van der Waals surface area contributed by atoms with Crippen LogP contribution in [0.3, 0.4) is 0 Å². The molecule has 0 atom stereocenters. The molecule has 0 radical (unpaired) electrons. The lowest BCUT2D eigenvalue weighted by atomic mass is 10.1. The third kappa shape index (κ3) is 1.79. The van der Waals surface area contributed by atoms with Crippen LogP contribution in [0, 0.1) is 0 Å². The van der Waals surface area contributed by atoms with E-state index in [0.717, 1.165) is 22.1 Å². The van der Waals surface area contributed by atoms with E-state index in [1.807, 2.05) is 48.5 Å². The van der Waals surface area contributed by atoms with Crippen LogP contribution < -0.4 is 11.5 Å². The van der Waals surface area contributed by atoms with Crippen LogP contribution in [0.5, 0.6) is 0 Å². The Morgan fingerprint density at radius 1 is 0.955 bits per heavy atom. The Balaban J connectivity index is 2.20. The highest BCUT2D eigenvalue weighted by Crippen LogP contribution is 2.33. The van der Waals surface area contributed by atoms with E-state index in [9.17, 15) is 0 Å². The summed E-state index contributed by atoms with van der Waals surface area (Å²) in [6.45, 7) is 0. The first kappa shape index (κ1) is 12.9. The van der Waals surface area contributed by atoms with E-state index in [4.69, 9.17) is 23.1 Å². The first-order valence-electron chi connectivity index (χ1n) is 6.73. The molecule has 0 fully saturated rings. The molecule has 4 rings (SSSR count). The zero-order chi connectivity index (χ0) is 15.3. The summed E-state index contributed by atoms with van der Waals surface area (Å²) in [4.78, 5) is 4.41. The molecule has 0 aliphatic carbocycles. The van der Waals surface area contributed by atoms with Crippen LogP contribution in [0.25, 0.3) is 27.5 Å². The van der Waals surface area contributed by atoms with Crippen LogP contribution >= 0.6 is 11.6 Å². The molecule has 2 aromatic heterocycles. The number of hydrogen-bond donors (Lipinski definition) is 2. The standard InChI is InChI=1S/C16H12ClN5/c17-9-4-3-5-10(8-9)22-14-11-6-1-2-7-12(11)20-15(18)13(14)16(19)21-22/h1-8H,(H2,18,20)(H2,19,21). The molecule has 108 valence electrons. The molecule has 2 heterocycles. The van der Waals surface area contributed by atoms with Crippen molar-refractivity contribution < 1.29 is 0 Å². The highest BCUT2D eigenvalue weighted by molar-refractivity contribution is 6.30. The monoisotopic (exact) mass is 309 g/mol. The fourth-order valence-electron chi connectivity index (χ4n) is 2.69. The van der Waals surface area contributed by atoms with Gasteiger partial charge in [-0.1, -0.05) is 35.9 Å². The molecule has 6 heteroatoms. The number of halogens is 1. The second-order valence-corrected chi connectivity index (χ2v) is 5.45. The van der Waals surface area contributed by atoms with Crippen LogP contribution in [0.15, 0.2) is 48.5 Å². The molecule has 4 aromatic rings. The van der Waals surface area contributed by atoms with Gasteiger partial charge in [0.25, 0.3) is 0 Å². The Labute approximate surface area is 131 Å². The fourth-order valence-corrected chi connectivity index (χ4v) is 2.87. The van der Waals surface area contributed by atoms with Crippen LogP contribution in [0.1, 0.15) is 0 Å². The van der Waals surface area contributed by atoms with Crippen LogP contribution in [-0.4, -0.2) is 14.8 Å². The quantitative estimate of drug-likeness (QED) is 0.564. The van der Waals surface area contributed by atoms with Gasteiger partial charge in [-0.15, -0.1) is 5.10 Å². The number of nitrogens with two attached hydrogens (primary N) is 2. The summed E-state index contributed by atoms with van der Waals surface area (Å²) in [5.74, 6) is 0.727. The van der Waals surface area contributed by atoms with Gasteiger partial charge in [0.1, 0.15) is 5.82 Å². The Bertz CT molecular complexity index is 1020. The van der Waals surface area contributed by atoms with E-state index in [1.54, 1.807) is 4.68 Å². The van der Waals surface area contributed by atoms with Gasteiger partial charge in [0.15, 0.2) is 5.82 Å². The highest BCUT2D eigenvalue weighted by atomic mass is 35.5. The molecular weight excluding hydrogens is 298 g/mol. The molecule has 0 unspecified atom stereocenters. The molecule has 0 bridgehead atoms. The number of anilines is 2.